The van der Waals surface area contributed by atoms with E-state index in [0.717, 1.165) is 23.7 Å². The topological polar surface area (TPSA) is 41.8 Å². The van der Waals surface area contributed by atoms with Crippen molar-refractivity contribution < 1.29 is 0 Å². The van der Waals surface area contributed by atoms with Crippen LogP contribution in [0.3, 0.4) is 0 Å². The minimum atomic E-state index is 0.653. The molecule has 1 aromatic carbocycles. The molecule has 0 aliphatic carbocycles. The van der Waals surface area contributed by atoms with Gasteiger partial charge in [-0.15, -0.1) is 0 Å². The Morgan fingerprint density at radius 2 is 2.07 bits per heavy atom. The van der Waals surface area contributed by atoms with Gasteiger partial charge in [0.15, 0.2) is 0 Å². The molecule has 0 amide bonds. The van der Waals surface area contributed by atoms with Gasteiger partial charge in [-0.3, -0.25) is 0 Å². The molecule has 0 fully saturated rings. The molecule has 4 heteroatoms. The summed E-state index contributed by atoms with van der Waals surface area (Å²) in [6.07, 6.45) is 3.88. The molecule has 0 spiro atoms. The fraction of sp³-hybridized carbons (Fsp3) is 0.273. The highest BCUT2D eigenvalue weighted by atomic mass is 35.5. The van der Waals surface area contributed by atoms with Crippen molar-refractivity contribution in [3.05, 3.63) is 33.9 Å². The summed E-state index contributed by atoms with van der Waals surface area (Å²) in [5.74, 6) is 0. The quantitative estimate of drug-likeness (QED) is 0.852. The molecular formula is C11H12Cl2N2. The third-order valence-electron chi connectivity index (χ3n) is 2.43. The number of benzene rings is 1. The van der Waals surface area contributed by atoms with Crippen LogP contribution in [-0.2, 0) is 6.42 Å². The van der Waals surface area contributed by atoms with E-state index in [4.69, 9.17) is 28.9 Å². The zero-order chi connectivity index (χ0) is 10.8. The highest BCUT2D eigenvalue weighted by molar-refractivity contribution is 6.38. The van der Waals surface area contributed by atoms with Crippen molar-refractivity contribution >= 4 is 34.1 Å². The van der Waals surface area contributed by atoms with E-state index >= 15 is 0 Å². The minimum absolute atomic E-state index is 0.653. The van der Waals surface area contributed by atoms with E-state index in [0.29, 0.717) is 16.6 Å². The van der Waals surface area contributed by atoms with Crippen LogP contribution in [0.4, 0.5) is 0 Å². The standard InChI is InChI=1S/C11H12Cl2N2/c12-8-4-9(13)11-7(2-1-3-14)6-15-10(11)5-8/h4-6,15H,1-3,14H2. The normalized spacial score (nSPS) is 11.1. The van der Waals surface area contributed by atoms with Gasteiger partial charge < -0.3 is 10.7 Å². The maximum absolute atomic E-state index is 6.15. The van der Waals surface area contributed by atoms with Gasteiger partial charge in [-0.1, -0.05) is 23.2 Å². The Balaban J connectivity index is 2.49. The van der Waals surface area contributed by atoms with Gasteiger partial charge in [0.1, 0.15) is 0 Å². The van der Waals surface area contributed by atoms with Crippen LogP contribution in [0.15, 0.2) is 18.3 Å². The predicted molar refractivity (Wildman–Crippen MR) is 65.7 cm³/mol. The van der Waals surface area contributed by atoms with E-state index in [1.807, 2.05) is 12.3 Å². The van der Waals surface area contributed by atoms with Crippen molar-refractivity contribution in [3.63, 3.8) is 0 Å². The van der Waals surface area contributed by atoms with Crippen molar-refractivity contribution in [3.8, 4) is 0 Å². The van der Waals surface area contributed by atoms with Gasteiger partial charge >= 0.3 is 0 Å². The molecule has 2 rings (SSSR count). The second-order valence-corrected chi connectivity index (χ2v) is 4.36. The summed E-state index contributed by atoms with van der Waals surface area (Å²) in [6, 6.07) is 3.65. The van der Waals surface area contributed by atoms with Crippen LogP contribution < -0.4 is 5.73 Å². The largest absolute Gasteiger partial charge is 0.361 e. The van der Waals surface area contributed by atoms with E-state index in [-0.39, 0.29) is 0 Å². The van der Waals surface area contributed by atoms with Crippen LogP contribution in [0.5, 0.6) is 0 Å². The summed E-state index contributed by atoms with van der Waals surface area (Å²) < 4.78 is 0. The van der Waals surface area contributed by atoms with E-state index in [9.17, 15) is 0 Å². The molecular weight excluding hydrogens is 231 g/mol. The van der Waals surface area contributed by atoms with Crippen LogP contribution in [0, 0.1) is 0 Å². The summed E-state index contributed by atoms with van der Waals surface area (Å²) in [5.41, 5.74) is 7.68. The average molecular weight is 243 g/mol. The number of aromatic nitrogens is 1. The zero-order valence-electron chi connectivity index (χ0n) is 8.19. The number of fused-ring (bicyclic) bond motifs is 1. The lowest BCUT2D eigenvalue weighted by atomic mass is 10.1. The fourth-order valence-electron chi connectivity index (χ4n) is 1.74. The van der Waals surface area contributed by atoms with Gasteiger partial charge in [-0.25, -0.2) is 0 Å². The lowest BCUT2D eigenvalue weighted by molar-refractivity contribution is 0.837. The summed E-state index contributed by atoms with van der Waals surface area (Å²) in [6.45, 7) is 0.692. The number of H-pyrrole nitrogens is 1. The van der Waals surface area contributed by atoms with Gasteiger partial charge in [-0.05, 0) is 37.1 Å². The van der Waals surface area contributed by atoms with Crippen molar-refractivity contribution in [2.45, 2.75) is 12.8 Å². The van der Waals surface area contributed by atoms with Gasteiger partial charge in [0.2, 0.25) is 0 Å². The third-order valence-corrected chi connectivity index (χ3v) is 2.94. The zero-order valence-corrected chi connectivity index (χ0v) is 9.70. The first kappa shape index (κ1) is 10.8. The van der Waals surface area contributed by atoms with Gasteiger partial charge in [0.05, 0.1) is 5.02 Å². The molecule has 0 saturated heterocycles. The summed E-state index contributed by atoms with van der Waals surface area (Å²) in [5, 5.41) is 2.42. The molecule has 0 radical (unpaired) electrons. The minimum Gasteiger partial charge on any atom is -0.361 e. The van der Waals surface area contributed by atoms with Crippen molar-refractivity contribution in [1.29, 1.82) is 0 Å². The third kappa shape index (κ3) is 2.12. The Bertz CT molecular complexity index is 477. The van der Waals surface area contributed by atoms with E-state index in [2.05, 4.69) is 4.98 Å². The van der Waals surface area contributed by atoms with Crippen LogP contribution in [-0.4, -0.2) is 11.5 Å². The molecule has 2 aromatic rings. The van der Waals surface area contributed by atoms with Gasteiger partial charge in [0, 0.05) is 22.1 Å². The molecule has 1 heterocycles. The number of aromatic amines is 1. The number of nitrogens with two attached hydrogens (primary N) is 1. The molecule has 0 bridgehead atoms. The SMILES string of the molecule is NCCCc1c[nH]c2cc(Cl)cc(Cl)c12. The first-order valence-corrected chi connectivity index (χ1v) is 5.63. The Labute approximate surface area is 98.4 Å². The fourth-order valence-corrected chi connectivity index (χ4v) is 2.36. The first-order chi connectivity index (χ1) is 7.22. The summed E-state index contributed by atoms with van der Waals surface area (Å²) in [7, 11) is 0. The van der Waals surface area contributed by atoms with Crippen LogP contribution in [0.25, 0.3) is 10.9 Å². The van der Waals surface area contributed by atoms with Crippen molar-refractivity contribution in [2.24, 2.45) is 5.73 Å². The number of hydrogen-bond acceptors (Lipinski definition) is 1. The number of halogens is 2. The van der Waals surface area contributed by atoms with Crippen LogP contribution in [0.1, 0.15) is 12.0 Å². The highest BCUT2D eigenvalue weighted by Gasteiger charge is 2.08. The Kier molecular flexibility index (Phi) is 3.19. The Hall–Kier alpha value is -0.700. The number of rotatable bonds is 3. The Morgan fingerprint density at radius 3 is 2.80 bits per heavy atom. The maximum Gasteiger partial charge on any atom is 0.0517 e. The van der Waals surface area contributed by atoms with Gasteiger partial charge in [-0.2, -0.15) is 0 Å². The second kappa shape index (κ2) is 4.44. The number of nitrogens with one attached hydrogen (secondary N) is 1. The number of aryl methyl sites for hydroxylation is 1. The lowest BCUT2D eigenvalue weighted by Gasteiger charge is -2.00. The molecule has 0 saturated carbocycles. The molecule has 2 nitrogen and oxygen atoms in total. The first-order valence-electron chi connectivity index (χ1n) is 4.87. The van der Waals surface area contributed by atoms with E-state index in [1.54, 1.807) is 6.07 Å². The van der Waals surface area contributed by atoms with E-state index in [1.165, 1.54) is 5.56 Å². The summed E-state index contributed by atoms with van der Waals surface area (Å²) >= 11 is 12.1. The second-order valence-electron chi connectivity index (χ2n) is 3.52. The average Bonchev–Trinajstić information content (AvgIpc) is 2.58. The van der Waals surface area contributed by atoms with Crippen LogP contribution >= 0.6 is 23.2 Å². The van der Waals surface area contributed by atoms with Gasteiger partial charge in [0.25, 0.3) is 0 Å². The molecule has 0 atom stereocenters. The smallest absolute Gasteiger partial charge is 0.0517 e. The molecule has 80 valence electrons. The molecule has 0 aliphatic heterocycles. The van der Waals surface area contributed by atoms with Crippen molar-refractivity contribution in [1.82, 2.24) is 4.98 Å². The molecule has 1 aromatic heterocycles. The predicted octanol–water partition coefficient (Wildman–Crippen LogP) is 3.37. The highest BCUT2D eigenvalue weighted by Crippen LogP contribution is 2.30. The van der Waals surface area contributed by atoms with Crippen molar-refractivity contribution in [2.75, 3.05) is 6.54 Å². The lowest BCUT2D eigenvalue weighted by Crippen LogP contribution is -1.99. The monoisotopic (exact) mass is 242 g/mol. The van der Waals surface area contributed by atoms with E-state index < -0.39 is 0 Å². The van der Waals surface area contributed by atoms with Crippen LogP contribution in [0.2, 0.25) is 10.0 Å². The molecule has 15 heavy (non-hydrogen) atoms. The number of hydrogen-bond donors (Lipinski definition) is 2. The maximum atomic E-state index is 6.15. The summed E-state index contributed by atoms with van der Waals surface area (Å²) in [4.78, 5) is 3.17. The molecule has 0 aliphatic rings. The Morgan fingerprint density at radius 1 is 1.27 bits per heavy atom. The molecule has 3 N–H and O–H groups in total. The molecule has 0 unspecified atom stereocenters.